The van der Waals surface area contributed by atoms with Crippen LogP contribution in [0.1, 0.15) is 38.5 Å². The number of hydrogen-bond acceptors (Lipinski definition) is 0. The first-order valence-corrected chi connectivity index (χ1v) is 5.46. The van der Waals surface area contributed by atoms with Crippen LogP contribution in [0.2, 0.25) is 0 Å². The molecule has 0 aromatic rings. The lowest BCUT2D eigenvalue weighted by molar-refractivity contribution is -0.908. The molecule has 0 radical (unpaired) electrons. The molecule has 0 amide bonds. The second-order valence-corrected chi connectivity index (χ2v) is 4.14. The standard InChI is InChI=1S/C10H22N2/c1-12(9-5-8-11)10-6-3-2-4-7-10/h10H,2-9,11H2,1H3/p+2. The highest BCUT2D eigenvalue weighted by molar-refractivity contribution is 4.63. The summed E-state index contributed by atoms with van der Waals surface area (Å²) in [5.74, 6) is 0. The quantitative estimate of drug-likeness (QED) is 0.571. The van der Waals surface area contributed by atoms with Crippen LogP contribution in [0.4, 0.5) is 0 Å². The van der Waals surface area contributed by atoms with Crippen molar-refractivity contribution in [3.63, 3.8) is 0 Å². The van der Waals surface area contributed by atoms with E-state index in [1.54, 1.807) is 4.90 Å². The normalized spacial score (nSPS) is 22.5. The van der Waals surface area contributed by atoms with Gasteiger partial charge in [-0.1, -0.05) is 6.42 Å². The van der Waals surface area contributed by atoms with Gasteiger partial charge in [-0.05, 0) is 25.7 Å². The summed E-state index contributed by atoms with van der Waals surface area (Å²) in [6.07, 6.45) is 8.62. The zero-order valence-corrected chi connectivity index (χ0v) is 8.44. The number of nitrogens with one attached hydrogen (secondary N) is 1. The predicted octanol–water partition coefficient (Wildman–Crippen LogP) is -0.534. The molecule has 0 spiro atoms. The van der Waals surface area contributed by atoms with Crippen molar-refractivity contribution in [1.82, 2.24) is 0 Å². The molecule has 0 heterocycles. The molecule has 1 unspecified atom stereocenters. The first-order chi connectivity index (χ1) is 5.84. The van der Waals surface area contributed by atoms with Crippen molar-refractivity contribution < 1.29 is 10.6 Å². The van der Waals surface area contributed by atoms with Crippen molar-refractivity contribution in [2.45, 2.75) is 44.6 Å². The molecule has 4 N–H and O–H groups in total. The van der Waals surface area contributed by atoms with Gasteiger partial charge in [-0.15, -0.1) is 0 Å². The molecule has 0 aliphatic heterocycles. The molecule has 0 saturated heterocycles. The molecule has 2 nitrogen and oxygen atoms in total. The highest BCUT2D eigenvalue weighted by Crippen LogP contribution is 2.14. The van der Waals surface area contributed by atoms with E-state index in [9.17, 15) is 0 Å². The van der Waals surface area contributed by atoms with Crippen molar-refractivity contribution in [2.75, 3.05) is 20.1 Å². The van der Waals surface area contributed by atoms with Gasteiger partial charge in [0.05, 0.1) is 26.2 Å². The topological polar surface area (TPSA) is 32.1 Å². The maximum Gasteiger partial charge on any atom is 0.0872 e. The molecule has 12 heavy (non-hydrogen) atoms. The lowest BCUT2D eigenvalue weighted by Gasteiger charge is -2.27. The molecular weight excluding hydrogens is 148 g/mol. The Morgan fingerprint density at radius 3 is 2.50 bits per heavy atom. The zero-order valence-electron chi connectivity index (χ0n) is 8.44. The minimum absolute atomic E-state index is 0.963. The molecule has 1 aliphatic carbocycles. The van der Waals surface area contributed by atoms with Crippen molar-refractivity contribution in [3.05, 3.63) is 0 Å². The molecule has 1 rings (SSSR count). The smallest absolute Gasteiger partial charge is 0.0872 e. The Morgan fingerprint density at radius 1 is 1.25 bits per heavy atom. The zero-order chi connectivity index (χ0) is 8.81. The van der Waals surface area contributed by atoms with Crippen LogP contribution in [0.15, 0.2) is 0 Å². The molecule has 72 valence electrons. The van der Waals surface area contributed by atoms with Gasteiger partial charge >= 0.3 is 0 Å². The van der Waals surface area contributed by atoms with Gasteiger partial charge in [0.15, 0.2) is 0 Å². The Morgan fingerprint density at radius 2 is 1.92 bits per heavy atom. The average Bonchev–Trinajstić information content (AvgIpc) is 2.15. The first-order valence-electron chi connectivity index (χ1n) is 5.46. The van der Waals surface area contributed by atoms with Gasteiger partial charge in [0.1, 0.15) is 0 Å². The van der Waals surface area contributed by atoms with E-state index in [1.807, 2.05) is 0 Å². The van der Waals surface area contributed by atoms with Crippen LogP contribution in [0, 0.1) is 0 Å². The van der Waals surface area contributed by atoms with Gasteiger partial charge < -0.3 is 10.6 Å². The van der Waals surface area contributed by atoms with E-state index in [0.29, 0.717) is 0 Å². The van der Waals surface area contributed by atoms with Crippen LogP contribution in [-0.2, 0) is 0 Å². The van der Waals surface area contributed by atoms with E-state index in [4.69, 9.17) is 0 Å². The third kappa shape index (κ3) is 3.11. The van der Waals surface area contributed by atoms with Crippen molar-refractivity contribution >= 4 is 0 Å². The fraction of sp³-hybridized carbons (Fsp3) is 1.00. The van der Waals surface area contributed by atoms with E-state index in [1.165, 1.54) is 45.1 Å². The lowest BCUT2D eigenvalue weighted by Crippen LogP contribution is -3.13. The molecular formula is C10H24N2+2. The summed E-state index contributed by atoms with van der Waals surface area (Å²) in [6, 6.07) is 0.963. The Bertz CT molecular complexity index is 108. The molecule has 1 aliphatic rings. The van der Waals surface area contributed by atoms with Crippen molar-refractivity contribution in [1.29, 1.82) is 0 Å². The summed E-state index contributed by atoms with van der Waals surface area (Å²) < 4.78 is 0. The second-order valence-electron chi connectivity index (χ2n) is 4.14. The van der Waals surface area contributed by atoms with Crippen molar-refractivity contribution in [2.24, 2.45) is 0 Å². The minimum Gasteiger partial charge on any atom is -0.357 e. The largest absolute Gasteiger partial charge is 0.357 e. The lowest BCUT2D eigenvalue weighted by atomic mass is 9.94. The Hall–Kier alpha value is -0.0800. The third-order valence-electron chi connectivity index (χ3n) is 3.12. The average molecular weight is 172 g/mol. The summed E-state index contributed by atoms with van der Waals surface area (Å²) in [4.78, 5) is 1.75. The van der Waals surface area contributed by atoms with Crippen molar-refractivity contribution in [3.8, 4) is 0 Å². The summed E-state index contributed by atoms with van der Waals surface area (Å²) in [5, 5.41) is 0. The maximum atomic E-state index is 3.89. The minimum atomic E-state index is 0.963. The van der Waals surface area contributed by atoms with Gasteiger partial charge in [0.2, 0.25) is 0 Å². The van der Waals surface area contributed by atoms with Gasteiger partial charge in [-0.2, -0.15) is 0 Å². The summed E-state index contributed by atoms with van der Waals surface area (Å²) >= 11 is 0. The molecule has 1 fully saturated rings. The van der Waals surface area contributed by atoms with Crippen LogP contribution in [0.3, 0.4) is 0 Å². The van der Waals surface area contributed by atoms with Gasteiger partial charge in [0.25, 0.3) is 0 Å². The Balaban J connectivity index is 2.15. The van der Waals surface area contributed by atoms with E-state index in [0.717, 1.165) is 12.6 Å². The predicted molar refractivity (Wildman–Crippen MR) is 51.0 cm³/mol. The molecule has 1 saturated carbocycles. The monoisotopic (exact) mass is 172 g/mol. The van der Waals surface area contributed by atoms with Gasteiger partial charge in [-0.25, -0.2) is 0 Å². The molecule has 2 heteroatoms. The summed E-state index contributed by atoms with van der Waals surface area (Å²) in [7, 11) is 2.35. The van der Waals surface area contributed by atoms with Gasteiger partial charge in [-0.3, -0.25) is 0 Å². The third-order valence-corrected chi connectivity index (χ3v) is 3.12. The molecule has 0 aromatic carbocycles. The summed E-state index contributed by atoms with van der Waals surface area (Å²) in [6.45, 7) is 2.43. The van der Waals surface area contributed by atoms with Crippen LogP contribution in [0.5, 0.6) is 0 Å². The van der Waals surface area contributed by atoms with Crippen LogP contribution < -0.4 is 10.6 Å². The fourth-order valence-electron chi connectivity index (χ4n) is 2.20. The number of hydrogen-bond donors (Lipinski definition) is 2. The fourth-order valence-corrected chi connectivity index (χ4v) is 2.20. The number of rotatable bonds is 4. The van der Waals surface area contributed by atoms with E-state index < -0.39 is 0 Å². The maximum absolute atomic E-state index is 3.89. The molecule has 0 aromatic heterocycles. The second kappa shape index (κ2) is 5.55. The number of quaternary nitrogens is 2. The van der Waals surface area contributed by atoms with E-state index >= 15 is 0 Å². The van der Waals surface area contributed by atoms with Crippen LogP contribution >= 0.6 is 0 Å². The summed E-state index contributed by atoms with van der Waals surface area (Å²) in [5.41, 5.74) is 3.89. The Labute approximate surface area is 76.1 Å². The SMILES string of the molecule is C[NH+](CCC[NH3+])C1CCCCC1. The molecule has 0 bridgehead atoms. The highest BCUT2D eigenvalue weighted by atomic mass is 15.1. The molecule has 1 atom stereocenters. The van der Waals surface area contributed by atoms with E-state index in [-0.39, 0.29) is 0 Å². The first kappa shape index (κ1) is 10.0. The van der Waals surface area contributed by atoms with Crippen LogP contribution in [-0.4, -0.2) is 26.2 Å². The Kier molecular flexibility index (Phi) is 4.62. The van der Waals surface area contributed by atoms with E-state index in [2.05, 4.69) is 12.8 Å². The van der Waals surface area contributed by atoms with Gasteiger partial charge in [0, 0.05) is 6.42 Å². The van der Waals surface area contributed by atoms with Crippen LogP contribution in [0.25, 0.3) is 0 Å². The highest BCUT2D eigenvalue weighted by Gasteiger charge is 2.20.